The van der Waals surface area contributed by atoms with Gasteiger partial charge in [0, 0.05) is 19.7 Å². The number of pyridine rings is 1. The summed E-state index contributed by atoms with van der Waals surface area (Å²) in [6.07, 6.45) is 1.66. The topological polar surface area (TPSA) is 63.7 Å². The molecule has 0 aliphatic heterocycles. The van der Waals surface area contributed by atoms with Crippen molar-refractivity contribution >= 4 is 17.3 Å². The zero-order chi connectivity index (χ0) is 15.7. The van der Waals surface area contributed by atoms with E-state index in [1.165, 1.54) is 4.40 Å². The van der Waals surface area contributed by atoms with Gasteiger partial charge in [0.2, 0.25) is 11.5 Å². The van der Waals surface area contributed by atoms with Gasteiger partial charge < -0.3 is 15.0 Å². The average molecular weight is 296 g/mol. The molecule has 0 aliphatic rings. The zero-order valence-corrected chi connectivity index (χ0v) is 12.4. The third-order valence-electron chi connectivity index (χ3n) is 3.69. The first-order chi connectivity index (χ1) is 10.6. The van der Waals surface area contributed by atoms with Crippen molar-refractivity contribution in [3.8, 4) is 0 Å². The highest BCUT2D eigenvalue weighted by molar-refractivity contribution is 5.63. The van der Waals surface area contributed by atoms with Crippen molar-refractivity contribution < 1.29 is 4.92 Å². The van der Waals surface area contributed by atoms with Crippen LogP contribution in [0.5, 0.6) is 0 Å². The van der Waals surface area contributed by atoms with E-state index in [0.717, 1.165) is 11.1 Å². The molecule has 0 aliphatic carbocycles. The van der Waals surface area contributed by atoms with Gasteiger partial charge in [-0.15, -0.1) is 0 Å². The van der Waals surface area contributed by atoms with Gasteiger partial charge >= 0.3 is 5.82 Å². The van der Waals surface area contributed by atoms with Crippen LogP contribution in [0.3, 0.4) is 0 Å². The van der Waals surface area contributed by atoms with Gasteiger partial charge in [0.15, 0.2) is 0 Å². The standard InChI is InChI=1S/C16H16N4O2/c1-12-7-3-4-8-13(12)11-18(2)15-16(20(21)22)19-10-6-5-9-14(19)17-15/h3-10H,11H2,1-2H3. The van der Waals surface area contributed by atoms with E-state index in [-0.39, 0.29) is 10.7 Å². The van der Waals surface area contributed by atoms with Crippen LogP contribution in [0.4, 0.5) is 11.6 Å². The minimum Gasteiger partial charge on any atom is -0.358 e. The highest BCUT2D eigenvalue weighted by Crippen LogP contribution is 2.29. The van der Waals surface area contributed by atoms with Crippen LogP contribution in [0.25, 0.3) is 5.65 Å². The Morgan fingerprint density at radius 1 is 1.23 bits per heavy atom. The predicted octanol–water partition coefficient (Wildman–Crippen LogP) is 3.19. The molecule has 112 valence electrons. The number of nitro groups is 1. The first-order valence-electron chi connectivity index (χ1n) is 6.95. The molecule has 0 bridgehead atoms. The lowest BCUT2D eigenvalue weighted by molar-refractivity contribution is -0.389. The van der Waals surface area contributed by atoms with Crippen molar-refractivity contribution in [2.45, 2.75) is 13.5 Å². The van der Waals surface area contributed by atoms with E-state index >= 15 is 0 Å². The van der Waals surface area contributed by atoms with E-state index in [9.17, 15) is 10.1 Å². The van der Waals surface area contributed by atoms with Crippen molar-refractivity contribution in [2.75, 3.05) is 11.9 Å². The summed E-state index contributed by atoms with van der Waals surface area (Å²) in [5.74, 6) is 0.367. The molecule has 0 amide bonds. The van der Waals surface area contributed by atoms with Crippen LogP contribution in [0.15, 0.2) is 48.7 Å². The normalized spacial score (nSPS) is 10.8. The summed E-state index contributed by atoms with van der Waals surface area (Å²) in [6, 6.07) is 13.3. The highest BCUT2D eigenvalue weighted by atomic mass is 16.6. The van der Waals surface area contributed by atoms with Gasteiger partial charge in [-0.3, -0.25) is 0 Å². The molecule has 6 heteroatoms. The second kappa shape index (κ2) is 5.48. The van der Waals surface area contributed by atoms with Crippen LogP contribution in [-0.2, 0) is 6.54 Å². The first kappa shape index (κ1) is 14.1. The Kier molecular flexibility index (Phi) is 3.50. The zero-order valence-electron chi connectivity index (χ0n) is 12.4. The Morgan fingerprint density at radius 3 is 2.68 bits per heavy atom. The Balaban J connectivity index is 2.04. The number of imidazole rings is 1. The van der Waals surface area contributed by atoms with Crippen LogP contribution in [0, 0.1) is 17.0 Å². The minimum atomic E-state index is -0.385. The molecule has 6 nitrogen and oxygen atoms in total. The maximum Gasteiger partial charge on any atom is 0.372 e. The van der Waals surface area contributed by atoms with Gasteiger partial charge in [0.1, 0.15) is 0 Å². The fraction of sp³-hybridized carbons (Fsp3) is 0.188. The summed E-state index contributed by atoms with van der Waals surface area (Å²) in [5, 5.41) is 11.4. The smallest absolute Gasteiger partial charge is 0.358 e. The Labute approximate surface area is 127 Å². The second-order valence-electron chi connectivity index (χ2n) is 5.23. The molecule has 0 spiro atoms. The lowest BCUT2D eigenvalue weighted by Gasteiger charge is -2.17. The Morgan fingerprint density at radius 2 is 1.95 bits per heavy atom. The molecule has 0 N–H and O–H groups in total. The van der Waals surface area contributed by atoms with Crippen LogP contribution in [-0.4, -0.2) is 21.4 Å². The summed E-state index contributed by atoms with van der Waals surface area (Å²) < 4.78 is 1.50. The van der Waals surface area contributed by atoms with E-state index in [4.69, 9.17) is 0 Å². The van der Waals surface area contributed by atoms with Gasteiger partial charge in [-0.2, -0.15) is 9.38 Å². The molecule has 1 aromatic carbocycles. The van der Waals surface area contributed by atoms with Crippen molar-refractivity contribution in [2.24, 2.45) is 0 Å². The fourth-order valence-corrected chi connectivity index (χ4v) is 2.51. The van der Waals surface area contributed by atoms with Crippen LogP contribution in [0.2, 0.25) is 0 Å². The number of rotatable bonds is 4. The molecule has 2 aromatic heterocycles. The van der Waals surface area contributed by atoms with E-state index in [2.05, 4.69) is 4.98 Å². The summed E-state index contributed by atoms with van der Waals surface area (Å²) in [4.78, 5) is 17.3. The van der Waals surface area contributed by atoms with Gasteiger partial charge in [0.25, 0.3) is 0 Å². The van der Waals surface area contributed by atoms with E-state index < -0.39 is 0 Å². The largest absolute Gasteiger partial charge is 0.372 e. The van der Waals surface area contributed by atoms with Crippen LogP contribution in [0.1, 0.15) is 11.1 Å². The number of aromatic nitrogens is 2. The number of hydrogen-bond donors (Lipinski definition) is 0. The monoisotopic (exact) mass is 296 g/mol. The van der Waals surface area contributed by atoms with E-state index in [0.29, 0.717) is 18.0 Å². The third kappa shape index (κ3) is 2.39. The molecule has 0 atom stereocenters. The van der Waals surface area contributed by atoms with Crippen molar-refractivity contribution in [3.63, 3.8) is 0 Å². The molecule has 0 radical (unpaired) electrons. The molecule has 0 saturated carbocycles. The van der Waals surface area contributed by atoms with Gasteiger partial charge in [-0.25, -0.2) is 0 Å². The van der Waals surface area contributed by atoms with Crippen LogP contribution < -0.4 is 4.90 Å². The summed E-state index contributed by atoms with van der Waals surface area (Å²) in [7, 11) is 1.82. The molecule has 0 saturated heterocycles. The summed E-state index contributed by atoms with van der Waals surface area (Å²) in [5.41, 5.74) is 2.85. The molecular formula is C16H16N4O2. The Bertz CT molecular complexity index is 841. The lowest BCUT2D eigenvalue weighted by Crippen LogP contribution is -2.18. The lowest BCUT2D eigenvalue weighted by atomic mass is 10.1. The number of benzene rings is 1. The summed E-state index contributed by atoms with van der Waals surface area (Å²) >= 11 is 0. The number of fused-ring (bicyclic) bond motifs is 1. The molecular weight excluding hydrogens is 280 g/mol. The van der Waals surface area contributed by atoms with Gasteiger partial charge in [-0.05, 0) is 29.0 Å². The maximum absolute atomic E-state index is 11.4. The van der Waals surface area contributed by atoms with Gasteiger partial charge in [-0.1, -0.05) is 30.3 Å². The fourth-order valence-electron chi connectivity index (χ4n) is 2.51. The number of anilines is 1. The quantitative estimate of drug-likeness (QED) is 0.548. The minimum absolute atomic E-state index is 0.00770. The van der Waals surface area contributed by atoms with Crippen molar-refractivity contribution in [1.29, 1.82) is 0 Å². The molecule has 22 heavy (non-hydrogen) atoms. The number of nitrogens with zero attached hydrogens (tertiary/aromatic N) is 4. The second-order valence-corrected chi connectivity index (χ2v) is 5.23. The SMILES string of the molecule is Cc1ccccc1CN(C)c1nc2ccccn2c1[N+](=O)[O-]. The van der Waals surface area contributed by atoms with E-state index in [1.54, 1.807) is 18.3 Å². The first-order valence-corrected chi connectivity index (χ1v) is 6.95. The van der Waals surface area contributed by atoms with Crippen molar-refractivity contribution in [1.82, 2.24) is 9.38 Å². The number of aryl methyl sites for hydroxylation is 1. The van der Waals surface area contributed by atoms with E-state index in [1.807, 2.05) is 49.2 Å². The molecule has 3 aromatic rings. The molecule has 2 heterocycles. The Hall–Kier alpha value is -2.89. The third-order valence-corrected chi connectivity index (χ3v) is 3.69. The van der Waals surface area contributed by atoms with Gasteiger partial charge in [0.05, 0.1) is 6.20 Å². The predicted molar refractivity (Wildman–Crippen MR) is 85.1 cm³/mol. The number of hydrogen-bond acceptors (Lipinski definition) is 4. The highest BCUT2D eigenvalue weighted by Gasteiger charge is 2.25. The van der Waals surface area contributed by atoms with Crippen LogP contribution >= 0.6 is 0 Å². The summed E-state index contributed by atoms with van der Waals surface area (Å²) in [6.45, 7) is 2.60. The average Bonchev–Trinajstić information content (AvgIpc) is 2.89. The molecule has 0 unspecified atom stereocenters. The van der Waals surface area contributed by atoms with Crippen molar-refractivity contribution in [3.05, 3.63) is 69.9 Å². The molecule has 3 rings (SSSR count). The molecule has 0 fully saturated rings. The maximum atomic E-state index is 11.4.